The molecule has 0 bridgehead atoms. The van der Waals surface area contributed by atoms with Gasteiger partial charge in [0.25, 0.3) is 5.91 Å². The van der Waals surface area contributed by atoms with E-state index in [9.17, 15) is 4.79 Å². The van der Waals surface area contributed by atoms with Gasteiger partial charge in [-0.15, -0.1) is 0 Å². The van der Waals surface area contributed by atoms with E-state index in [4.69, 9.17) is 27.9 Å². The smallest absolute Gasteiger partial charge is 0.289 e. The molecule has 0 spiro atoms. The van der Waals surface area contributed by atoms with Crippen LogP contribution in [-0.4, -0.2) is 28.9 Å². The molecule has 3 rings (SSSR count). The minimum Gasteiger partial charge on any atom is -0.494 e. The molecule has 0 radical (unpaired) electrons. The Bertz CT molecular complexity index is 948. The van der Waals surface area contributed by atoms with Crippen LogP contribution in [0.5, 0.6) is 5.75 Å². The van der Waals surface area contributed by atoms with Crippen LogP contribution < -0.4 is 10.2 Å². The van der Waals surface area contributed by atoms with Crippen LogP contribution in [0.25, 0.3) is 11.3 Å². The minimum atomic E-state index is -0.431. The number of nitrogens with zero attached hydrogens (tertiary/aromatic N) is 2. The predicted octanol–water partition coefficient (Wildman–Crippen LogP) is 4.55. The van der Waals surface area contributed by atoms with Gasteiger partial charge in [0.15, 0.2) is 0 Å². The normalized spacial score (nSPS) is 10.9. The van der Waals surface area contributed by atoms with E-state index in [0.717, 1.165) is 11.3 Å². The fourth-order valence-corrected chi connectivity index (χ4v) is 2.82. The largest absolute Gasteiger partial charge is 0.494 e. The van der Waals surface area contributed by atoms with Gasteiger partial charge in [0.2, 0.25) is 0 Å². The zero-order valence-corrected chi connectivity index (χ0v) is 15.9. The highest BCUT2D eigenvalue weighted by molar-refractivity contribution is 6.38. The second-order valence-electron chi connectivity index (χ2n) is 5.46. The van der Waals surface area contributed by atoms with E-state index in [-0.39, 0.29) is 5.69 Å². The second kappa shape index (κ2) is 8.70. The van der Waals surface area contributed by atoms with Gasteiger partial charge in [-0.05, 0) is 49.4 Å². The molecular weight excluding hydrogens is 387 g/mol. The predicted molar refractivity (Wildman–Crippen MR) is 107 cm³/mol. The maximum atomic E-state index is 12.2. The van der Waals surface area contributed by atoms with E-state index in [2.05, 4.69) is 20.7 Å². The molecule has 0 aliphatic rings. The number of halogens is 2. The molecule has 138 valence electrons. The molecule has 1 aromatic heterocycles. The molecule has 0 saturated heterocycles. The highest BCUT2D eigenvalue weighted by Gasteiger charge is 2.11. The molecular formula is C19H16Cl2N4O2. The van der Waals surface area contributed by atoms with E-state index in [1.807, 2.05) is 31.2 Å². The van der Waals surface area contributed by atoms with Crippen molar-refractivity contribution in [3.05, 3.63) is 69.8 Å². The van der Waals surface area contributed by atoms with E-state index in [0.29, 0.717) is 27.9 Å². The average Bonchev–Trinajstić information content (AvgIpc) is 3.15. The zero-order valence-electron chi connectivity index (χ0n) is 14.4. The van der Waals surface area contributed by atoms with Gasteiger partial charge in [-0.25, -0.2) is 5.43 Å². The first-order chi connectivity index (χ1) is 13.1. The summed E-state index contributed by atoms with van der Waals surface area (Å²) >= 11 is 12.1. The Hall–Kier alpha value is -2.83. The van der Waals surface area contributed by atoms with Gasteiger partial charge in [0.05, 0.1) is 28.6 Å². The molecule has 0 fully saturated rings. The van der Waals surface area contributed by atoms with Crippen molar-refractivity contribution in [2.45, 2.75) is 6.92 Å². The standard InChI is InChI=1S/C19H16Cl2N4O2/c1-2-27-13-8-6-12(7-9-13)17-10-18(24-23-17)19(26)25-22-11-14-15(20)4-3-5-16(14)21/h3-11H,2H2,1H3,(H,23,24)(H,25,26)/b22-11-. The molecule has 0 aliphatic heterocycles. The molecule has 0 atom stereocenters. The van der Waals surface area contributed by atoms with Crippen LogP contribution in [0.2, 0.25) is 10.0 Å². The number of ether oxygens (including phenoxy) is 1. The molecule has 8 heteroatoms. The second-order valence-corrected chi connectivity index (χ2v) is 6.27. The van der Waals surface area contributed by atoms with Gasteiger partial charge in [0, 0.05) is 11.1 Å². The molecule has 1 heterocycles. The fourth-order valence-electron chi connectivity index (χ4n) is 2.32. The number of amides is 1. The number of carbonyl (C=O) groups excluding carboxylic acids is 1. The van der Waals surface area contributed by atoms with Crippen LogP contribution in [0, 0.1) is 0 Å². The lowest BCUT2D eigenvalue weighted by Gasteiger charge is -2.02. The SMILES string of the molecule is CCOc1ccc(-c2cc(C(=O)N/N=C\c3c(Cl)cccc3Cl)[nH]n2)cc1. The molecule has 0 saturated carbocycles. The summed E-state index contributed by atoms with van der Waals surface area (Å²) in [7, 11) is 0. The van der Waals surface area contributed by atoms with Crippen LogP contribution in [0.4, 0.5) is 0 Å². The third-order valence-electron chi connectivity index (χ3n) is 3.64. The van der Waals surface area contributed by atoms with Crippen LogP contribution in [-0.2, 0) is 0 Å². The summed E-state index contributed by atoms with van der Waals surface area (Å²) in [5.74, 6) is 0.349. The number of benzene rings is 2. The number of hydrogen-bond acceptors (Lipinski definition) is 4. The summed E-state index contributed by atoms with van der Waals surface area (Å²) in [5, 5.41) is 11.6. The molecule has 2 N–H and O–H groups in total. The number of aromatic nitrogens is 2. The Morgan fingerprint density at radius 3 is 2.59 bits per heavy atom. The Morgan fingerprint density at radius 2 is 1.93 bits per heavy atom. The summed E-state index contributed by atoms with van der Waals surface area (Å²) in [4.78, 5) is 12.2. The topological polar surface area (TPSA) is 79.4 Å². The maximum absolute atomic E-state index is 12.2. The maximum Gasteiger partial charge on any atom is 0.289 e. The fraction of sp³-hybridized carbons (Fsp3) is 0.105. The molecule has 0 unspecified atom stereocenters. The molecule has 0 aliphatic carbocycles. The van der Waals surface area contributed by atoms with Gasteiger partial charge in [-0.3, -0.25) is 9.89 Å². The van der Waals surface area contributed by atoms with Crippen LogP contribution in [0.1, 0.15) is 23.0 Å². The van der Waals surface area contributed by atoms with Crippen molar-refractivity contribution in [1.82, 2.24) is 15.6 Å². The number of aromatic amines is 1. The molecule has 2 aromatic carbocycles. The molecule has 3 aromatic rings. The van der Waals surface area contributed by atoms with Gasteiger partial charge < -0.3 is 4.74 Å². The van der Waals surface area contributed by atoms with Crippen molar-refractivity contribution in [3.63, 3.8) is 0 Å². The first kappa shape index (κ1) is 18.9. The number of carbonyl (C=O) groups is 1. The lowest BCUT2D eigenvalue weighted by Crippen LogP contribution is -2.18. The summed E-state index contributed by atoms with van der Waals surface area (Å²) in [6.07, 6.45) is 1.40. The monoisotopic (exact) mass is 402 g/mol. The first-order valence-corrected chi connectivity index (χ1v) is 8.90. The summed E-state index contributed by atoms with van der Waals surface area (Å²) in [6, 6.07) is 14.2. The number of hydrogen-bond donors (Lipinski definition) is 2. The van der Waals surface area contributed by atoms with E-state index >= 15 is 0 Å². The quantitative estimate of drug-likeness (QED) is 0.468. The van der Waals surface area contributed by atoms with E-state index < -0.39 is 5.91 Å². The average molecular weight is 403 g/mol. The summed E-state index contributed by atoms with van der Waals surface area (Å²) in [5.41, 5.74) is 4.72. The number of rotatable bonds is 6. The highest BCUT2D eigenvalue weighted by Crippen LogP contribution is 2.22. The van der Waals surface area contributed by atoms with Crippen molar-refractivity contribution in [2.75, 3.05) is 6.61 Å². The minimum absolute atomic E-state index is 0.279. The van der Waals surface area contributed by atoms with Crippen molar-refractivity contribution in [1.29, 1.82) is 0 Å². The van der Waals surface area contributed by atoms with Gasteiger partial charge in [-0.1, -0.05) is 29.3 Å². The first-order valence-electron chi connectivity index (χ1n) is 8.14. The Labute approximate surface area is 166 Å². The zero-order chi connectivity index (χ0) is 19.2. The van der Waals surface area contributed by atoms with Crippen molar-refractivity contribution in [3.8, 4) is 17.0 Å². The third-order valence-corrected chi connectivity index (χ3v) is 4.30. The molecule has 6 nitrogen and oxygen atoms in total. The van der Waals surface area contributed by atoms with Gasteiger partial charge in [0.1, 0.15) is 11.4 Å². The van der Waals surface area contributed by atoms with Gasteiger partial charge >= 0.3 is 0 Å². The van der Waals surface area contributed by atoms with Crippen LogP contribution in [0.3, 0.4) is 0 Å². The van der Waals surface area contributed by atoms with Crippen LogP contribution >= 0.6 is 23.2 Å². The number of hydrazone groups is 1. The molecule has 1 amide bonds. The molecule has 27 heavy (non-hydrogen) atoms. The Morgan fingerprint density at radius 1 is 1.22 bits per heavy atom. The van der Waals surface area contributed by atoms with Gasteiger partial charge in [-0.2, -0.15) is 10.2 Å². The van der Waals surface area contributed by atoms with Crippen molar-refractivity contribution < 1.29 is 9.53 Å². The number of nitrogens with one attached hydrogen (secondary N) is 2. The summed E-state index contributed by atoms with van der Waals surface area (Å²) < 4.78 is 5.41. The third kappa shape index (κ3) is 4.67. The number of H-pyrrole nitrogens is 1. The lowest BCUT2D eigenvalue weighted by atomic mass is 10.1. The highest BCUT2D eigenvalue weighted by atomic mass is 35.5. The van der Waals surface area contributed by atoms with E-state index in [1.165, 1.54) is 6.21 Å². The summed E-state index contributed by atoms with van der Waals surface area (Å²) in [6.45, 7) is 2.53. The van der Waals surface area contributed by atoms with Crippen LogP contribution in [0.15, 0.2) is 53.6 Å². The Kier molecular flexibility index (Phi) is 6.11. The van der Waals surface area contributed by atoms with E-state index in [1.54, 1.807) is 24.3 Å². The Balaban J connectivity index is 1.67. The lowest BCUT2D eigenvalue weighted by molar-refractivity contribution is 0.0950. The van der Waals surface area contributed by atoms with Crippen molar-refractivity contribution >= 4 is 35.3 Å². The van der Waals surface area contributed by atoms with Crippen molar-refractivity contribution in [2.24, 2.45) is 5.10 Å².